The van der Waals surface area contributed by atoms with Gasteiger partial charge in [-0.05, 0) is 37.9 Å². The molecule has 0 bridgehead atoms. The fourth-order valence-corrected chi connectivity index (χ4v) is 2.05. The normalized spacial score (nSPS) is 12.4. The van der Waals surface area contributed by atoms with Gasteiger partial charge in [0.05, 0.1) is 6.61 Å². The molecule has 4 heteroatoms. The molecule has 0 amide bonds. The quantitative estimate of drug-likeness (QED) is 0.719. The first-order chi connectivity index (χ1) is 9.22. The third-order valence-corrected chi connectivity index (χ3v) is 3.16. The van der Waals surface area contributed by atoms with Crippen molar-refractivity contribution >= 4 is 5.82 Å². The summed E-state index contributed by atoms with van der Waals surface area (Å²) >= 11 is 0. The van der Waals surface area contributed by atoms with Crippen molar-refractivity contribution in [2.24, 2.45) is 0 Å². The van der Waals surface area contributed by atoms with Crippen LogP contribution in [0.4, 0.5) is 5.82 Å². The van der Waals surface area contributed by atoms with Gasteiger partial charge in [0.25, 0.3) is 0 Å². The summed E-state index contributed by atoms with van der Waals surface area (Å²) in [6.07, 6.45) is 4.12. The molecule has 0 aliphatic rings. The van der Waals surface area contributed by atoms with Crippen molar-refractivity contribution in [1.29, 1.82) is 0 Å². The van der Waals surface area contributed by atoms with Crippen molar-refractivity contribution in [2.75, 3.05) is 31.1 Å². The van der Waals surface area contributed by atoms with Crippen LogP contribution in [0.25, 0.3) is 0 Å². The molecule has 4 nitrogen and oxygen atoms in total. The lowest BCUT2D eigenvalue weighted by Gasteiger charge is -2.22. The molecule has 1 aromatic rings. The number of aromatic nitrogens is 1. The zero-order chi connectivity index (χ0) is 14.1. The van der Waals surface area contributed by atoms with Gasteiger partial charge in [0, 0.05) is 25.3 Å². The number of hydrogen-bond donors (Lipinski definition) is 2. The van der Waals surface area contributed by atoms with Gasteiger partial charge in [0.2, 0.25) is 0 Å². The monoisotopic (exact) mass is 265 g/mol. The minimum Gasteiger partial charge on any atom is -0.395 e. The summed E-state index contributed by atoms with van der Waals surface area (Å²) < 4.78 is 0. The van der Waals surface area contributed by atoms with Crippen molar-refractivity contribution < 1.29 is 5.11 Å². The molecule has 0 radical (unpaired) electrons. The largest absolute Gasteiger partial charge is 0.395 e. The molecule has 2 N–H and O–H groups in total. The zero-order valence-electron chi connectivity index (χ0n) is 12.4. The fraction of sp³-hybridized carbons (Fsp3) is 0.667. The molecule has 108 valence electrons. The van der Waals surface area contributed by atoms with Crippen LogP contribution in [0.5, 0.6) is 0 Å². The van der Waals surface area contributed by atoms with Gasteiger partial charge in [-0.1, -0.05) is 19.9 Å². The van der Waals surface area contributed by atoms with Crippen LogP contribution in [0, 0.1) is 0 Å². The van der Waals surface area contributed by atoms with Gasteiger partial charge in [0.15, 0.2) is 0 Å². The Labute approximate surface area is 116 Å². The first-order valence-electron chi connectivity index (χ1n) is 7.28. The molecule has 0 aliphatic heterocycles. The van der Waals surface area contributed by atoms with Gasteiger partial charge < -0.3 is 15.3 Å². The van der Waals surface area contributed by atoms with Crippen molar-refractivity contribution in [2.45, 2.75) is 39.7 Å². The molecule has 19 heavy (non-hydrogen) atoms. The molecule has 1 heterocycles. The lowest BCUT2D eigenvalue weighted by Crippen LogP contribution is -2.28. The first kappa shape index (κ1) is 15.9. The molecule has 0 saturated carbocycles. The first-order valence-corrected chi connectivity index (χ1v) is 7.28. The van der Waals surface area contributed by atoms with Gasteiger partial charge in [0.1, 0.15) is 5.82 Å². The molecular weight excluding hydrogens is 238 g/mol. The van der Waals surface area contributed by atoms with Crippen LogP contribution in [0.15, 0.2) is 18.3 Å². The Hall–Kier alpha value is -1.13. The maximum absolute atomic E-state index is 9.09. The van der Waals surface area contributed by atoms with E-state index in [1.165, 1.54) is 5.56 Å². The number of hydrogen-bond acceptors (Lipinski definition) is 4. The van der Waals surface area contributed by atoms with Crippen LogP contribution in [-0.2, 0) is 0 Å². The summed E-state index contributed by atoms with van der Waals surface area (Å²) in [4.78, 5) is 6.64. The molecule has 0 aliphatic carbocycles. The van der Waals surface area contributed by atoms with Crippen LogP contribution in [0.1, 0.15) is 45.2 Å². The Balaban J connectivity index is 2.67. The summed E-state index contributed by atoms with van der Waals surface area (Å²) in [5.41, 5.74) is 1.21. The van der Waals surface area contributed by atoms with Crippen molar-refractivity contribution in [3.63, 3.8) is 0 Å². The Bertz CT molecular complexity index is 334. The number of aliphatic hydroxyl groups is 1. The molecule has 1 unspecified atom stereocenters. The Morgan fingerprint density at radius 1 is 1.26 bits per heavy atom. The number of nitrogens with zero attached hydrogens (tertiary/aromatic N) is 2. The number of rotatable bonds is 9. The van der Waals surface area contributed by atoms with E-state index in [-0.39, 0.29) is 6.61 Å². The van der Waals surface area contributed by atoms with Crippen molar-refractivity contribution in [3.05, 3.63) is 23.9 Å². The maximum Gasteiger partial charge on any atom is 0.128 e. The second-order valence-corrected chi connectivity index (χ2v) is 4.84. The van der Waals surface area contributed by atoms with Gasteiger partial charge in [-0.3, -0.25) is 0 Å². The van der Waals surface area contributed by atoms with E-state index in [4.69, 9.17) is 5.11 Å². The highest BCUT2D eigenvalue weighted by Crippen LogP contribution is 2.16. The number of nitrogens with one attached hydrogen (secondary N) is 1. The standard InChI is InChI=1S/C15H27N3O/c1-4-8-16-13(3)14-6-7-15(17-12-14)18(9-5-2)10-11-19/h6-7,12-13,16,19H,4-5,8-11H2,1-3H3. The highest BCUT2D eigenvalue weighted by Gasteiger charge is 2.08. The van der Waals surface area contributed by atoms with E-state index in [9.17, 15) is 0 Å². The average molecular weight is 265 g/mol. The molecule has 0 spiro atoms. The van der Waals surface area contributed by atoms with E-state index in [0.717, 1.165) is 31.7 Å². The minimum absolute atomic E-state index is 0.165. The molecule has 0 saturated heterocycles. The Morgan fingerprint density at radius 3 is 2.58 bits per heavy atom. The summed E-state index contributed by atoms with van der Waals surface area (Å²) in [6.45, 7) is 9.21. The highest BCUT2D eigenvalue weighted by atomic mass is 16.3. The van der Waals surface area contributed by atoms with Crippen LogP contribution in [0.2, 0.25) is 0 Å². The molecule has 1 aromatic heterocycles. The summed E-state index contributed by atoms with van der Waals surface area (Å²) in [5, 5.41) is 12.5. The van der Waals surface area contributed by atoms with Crippen LogP contribution < -0.4 is 10.2 Å². The predicted molar refractivity (Wildman–Crippen MR) is 80.5 cm³/mol. The van der Waals surface area contributed by atoms with Gasteiger partial charge >= 0.3 is 0 Å². The van der Waals surface area contributed by atoms with Crippen LogP contribution in [-0.4, -0.2) is 36.3 Å². The van der Waals surface area contributed by atoms with Gasteiger partial charge in [-0.15, -0.1) is 0 Å². The molecular formula is C15H27N3O. The average Bonchev–Trinajstić information content (AvgIpc) is 2.44. The van der Waals surface area contributed by atoms with E-state index in [0.29, 0.717) is 12.6 Å². The maximum atomic E-state index is 9.09. The lowest BCUT2D eigenvalue weighted by molar-refractivity contribution is 0.301. The van der Waals surface area contributed by atoms with Crippen LogP contribution >= 0.6 is 0 Å². The third-order valence-electron chi connectivity index (χ3n) is 3.16. The van der Waals surface area contributed by atoms with E-state index in [1.807, 2.05) is 12.3 Å². The van der Waals surface area contributed by atoms with Gasteiger partial charge in [-0.2, -0.15) is 0 Å². The summed E-state index contributed by atoms with van der Waals surface area (Å²) in [6, 6.07) is 4.50. The lowest BCUT2D eigenvalue weighted by atomic mass is 10.1. The molecule has 0 aromatic carbocycles. The summed E-state index contributed by atoms with van der Waals surface area (Å²) in [7, 11) is 0. The highest BCUT2D eigenvalue weighted by molar-refractivity contribution is 5.39. The number of pyridine rings is 1. The zero-order valence-corrected chi connectivity index (χ0v) is 12.4. The van der Waals surface area contributed by atoms with E-state index >= 15 is 0 Å². The SMILES string of the molecule is CCCNC(C)c1ccc(N(CCC)CCO)nc1. The van der Waals surface area contributed by atoms with Crippen molar-refractivity contribution in [3.8, 4) is 0 Å². The number of aliphatic hydroxyl groups excluding tert-OH is 1. The minimum atomic E-state index is 0.165. The third kappa shape index (κ3) is 5.17. The molecule has 1 rings (SSSR count). The number of anilines is 1. The molecule has 1 atom stereocenters. The Morgan fingerprint density at radius 2 is 2.05 bits per heavy atom. The molecule has 0 fully saturated rings. The van der Waals surface area contributed by atoms with Gasteiger partial charge in [-0.25, -0.2) is 4.98 Å². The van der Waals surface area contributed by atoms with Crippen molar-refractivity contribution in [1.82, 2.24) is 10.3 Å². The van der Waals surface area contributed by atoms with Crippen LogP contribution in [0.3, 0.4) is 0 Å². The van der Waals surface area contributed by atoms with E-state index in [2.05, 4.69) is 42.0 Å². The Kier molecular flexibility index (Phi) is 7.45. The second-order valence-electron chi connectivity index (χ2n) is 4.84. The fourth-order valence-electron chi connectivity index (χ4n) is 2.05. The van der Waals surface area contributed by atoms with E-state index < -0.39 is 0 Å². The topological polar surface area (TPSA) is 48.4 Å². The van der Waals surface area contributed by atoms with E-state index in [1.54, 1.807) is 0 Å². The summed E-state index contributed by atoms with van der Waals surface area (Å²) in [5.74, 6) is 0.947. The predicted octanol–water partition coefficient (Wildman–Crippen LogP) is 2.35. The second kappa shape index (κ2) is 8.88. The smallest absolute Gasteiger partial charge is 0.128 e.